The van der Waals surface area contributed by atoms with Crippen molar-refractivity contribution in [3.05, 3.63) is 35.9 Å². The number of nitrogens with two attached hydrogens (primary N) is 1. The molecule has 1 aliphatic heterocycles. The van der Waals surface area contributed by atoms with Crippen LogP contribution in [0.3, 0.4) is 0 Å². The standard InChI is InChI=1S/C16H27N3O4S.ClH/c1-22-10-8-18(9-11-23-2)24(20,21)19-12-15(16(17)13-19)14-6-4-3-5-7-14;/h3-7,15-16H,8-13,17H2,1-2H3;1H/t15-,16+;/m0./s1. The molecule has 1 aromatic rings. The highest BCUT2D eigenvalue weighted by atomic mass is 35.5. The van der Waals surface area contributed by atoms with Crippen molar-refractivity contribution in [2.24, 2.45) is 5.73 Å². The van der Waals surface area contributed by atoms with Gasteiger partial charge in [-0.3, -0.25) is 0 Å². The number of halogens is 1. The Morgan fingerprint density at radius 3 is 2.20 bits per heavy atom. The molecule has 1 heterocycles. The average molecular weight is 394 g/mol. The van der Waals surface area contributed by atoms with Crippen LogP contribution in [0.15, 0.2) is 30.3 Å². The van der Waals surface area contributed by atoms with Gasteiger partial charge in [-0.2, -0.15) is 17.0 Å². The Balaban J connectivity index is 0.00000312. The number of nitrogens with zero attached hydrogens (tertiary/aromatic N) is 2. The molecule has 0 radical (unpaired) electrons. The summed E-state index contributed by atoms with van der Waals surface area (Å²) in [6.45, 7) is 1.98. The fourth-order valence-corrected chi connectivity index (χ4v) is 4.57. The molecular formula is C16H28ClN3O4S. The normalized spacial score (nSPS) is 21.4. The number of ether oxygens (including phenoxy) is 2. The van der Waals surface area contributed by atoms with Crippen molar-refractivity contribution >= 4 is 22.6 Å². The van der Waals surface area contributed by atoms with E-state index in [9.17, 15) is 8.42 Å². The molecule has 1 fully saturated rings. The van der Waals surface area contributed by atoms with E-state index in [1.807, 2.05) is 30.3 Å². The van der Waals surface area contributed by atoms with Gasteiger partial charge in [0, 0.05) is 52.4 Å². The molecule has 2 atom stereocenters. The maximum absolute atomic E-state index is 13.0. The largest absolute Gasteiger partial charge is 0.383 e. The molecule has 0 saturated carbocycles. The van der Waals surface area contributed by atoms with Crippen LogP contribution in [-0.2, 0) is 19.7 Å². The SMILES string of the molecule is COCCN(CCOC)S(=O)(=O)N1C[C@@H](N)[C@H](c2ccccc2)C1.Cl. The maximum Gasteiger partial charge on any atom is 0.282 e. The van der Waals surface area contributed by atoms with Gasteiger partial charge in [-0.1, -0.05) is 30.3 Å². The minimum Gasteiger partial charge on any atom is -0.383 e. The van der Waals surface area contributed by atoms with E-state index in [2.05, 4.69) is 0 Å². The van der Waals surface area contributed by atoms with Crippen molar-refractivity contribution in [1.82, 2.24) is 8.61 Å². The van der Waals surface area contributed by atoms with Gasteiger partial charge >= 0.3 is 0 Å². The van der Waals surface area contributed by atoms with Gasteiger partial charge in [0.2, 0.25) is 0 Å². The third-order valence-electron chi connectivity index (χ3n) is 4.30. The van der Waals surface area contributed by atoms with E-state index in [-0.39, 0.29) is 24.4 Å². The van der Waals surface area contributed by atoms with E-state index in [4.69, 9.17) is 15.2 Å². The van der Waals surface area contributed by atoms with Crippen LogP contribution in [0.1, 0.15) is 11.5 Å². The van der Waals surface area contributed by atoms with E-state index < -0.39 is 10.2 Å². The maximum atomic E-state index is 13.0. The summed E-state index contributed by atoms with van der Waals surface area (Å²) in [4.78, 5) is 0. The highest BCUT2D eigenvalue weighted by Crippen LogP contribution is 2.29. The van der Waals surface area contributed by atoms with Crippen molar-refractivity contribution in [2.75, 3.05) is 53.6 Å². The van der Waals surface area contributed by atoms with Gasteiger partial charge in [0.05, 0.1) is 13.2 Å². The van der Waals surface area contributed by atoms with Gasteiger partial charge in [-0.15, -0.1) is 12.4 Å². The summed E-state index contributed by atoms with van der Waals surface area (Å²) < 4.78 is 38.8. The summed E-state index contributed by atoms with van der Waals surface area (Å²) in [5, 5.41) is 0. The second-order valence-corrected chi connectivity index (χ2v) is 7.82. The van der Waals surface area contributed by atoms with E-state index in [1.165, 1.54) is 8.61 Å². The highest BCUT2D eigenvalue weighted by Gasteiger charge is 2.40. The lowest BCUT2D eigenvalue weighted by atomic mass is 9.95. The fourth-order valence-electron chi connectivity index (χ4n) is 2.92. The van der Waals surface area contributed by atoms with Crippen molar-refractivity contribution < 1.29 is 17.9 Å². The van der Waals surface area contributed by atoms with Crippen LogP contribution < -0.4 is 5.73 Å². The molecule has 144 valence electrons. The number of benzene rings is 1. The van der Waals surface area contributed by atoms with Crippen LogP contribution >= 0.6 is 12.4 Å². The molecule has 1 aliphatic rings. The monoisotopic (exact) mass is 393 g/mol. The van der Waals surface area contributed by atoms with Gasteiger partial charge < -0.3 is 15.2 Å². The average Bonchev–Trinajstić information content (AvgIpc) is 2.98. The highest BCUT2D eigenvalue weighted by molar-refractivity contribution is 7.86. The molecular weight excluding hydrogens is 366 g/mol. The lowest BCUT2D eigenvalue weighted by molar-refractivity contribution is 0.147. The molecule has 9 heteroatoms. The van der Waals surface area contributed by atoms with Crippen LogP contribution in [0.4, 0.5) is 0 Å². The predicted octanol–water partition coefficient (Wildman–Crippen LogP) is 0.675. The van der Waals surface area contributed by atoms with Gasteiger partial charge in [0.25, 0.3) is 10.2 Å². The minimum atomic E-state index is -3.59. The van der Waals surface area contributed by atoms with Crippen molar-refractivity contribution in [2.45, 2.75) is 12.0 Å². The molecule has 0 aliphatic carbocycles. The number of hydrogen-bond acceptors (Lipinski definition) is 5. The summed E-state index contributed by atoms with van der Waals surface area (Å²) in [5.74, 6) is 0.00711. The molecule has 0 bridgehead atoms. The van der Waals surface area contributed by atoms with Gasteiger partial charge in [0.15, 0.2) is 0 Å². The Hall–Kier alpha value is -0.740. The molecule has 0 amide bonds. The zero-order valence-corrected chi connectivity index (χ0v) is 16.3. The molecule has 2 rings (SSSR count). The smallest absolute Gasteiger partial charge is 0.282 e. The summed E-state index contributed by atoms with van der Waals surface area (Å²) in [5.41, 5.74) is 7.30. The first-order valence-corrected chi connectivity index (χ1v) is 9.44. The molecule has 1 saturated heterocycles. The number of methoxy groups -OCH3 is 2. The molecule has 1 aromatic carbocycles. The second-order valence-electron chi connectivity index (χ2n) is 5.89. The first-order chi connectivity index (χ1) is 11.5. The van der Waals surface area contributed by atoms with E-state index in [0.717, 1.165) is 5.56 Å². The lowest BCUT2D eigenvalue weighted by Crippen LogP contribution is -2.46. The topological polar surface area (TPSA) is 85.1 Å². The van der Waals surface area contributed by atoms with Gasteiger partial charge in [-0.25, -0.2) is 0 Å². The van der Waals surface area contributed by atoms with Crippen molar-refractivity contribution in [1.29, 1.82) is 0 Å². The van der Waals surface area contributed by atoms with Crippen LogP contribution in [0.25, 0.3) is 0 Å². The van der Waals surface area contributed by atoms with Gasteiger partial charge in [0.1, 0.15) is 0 Å². The molecule has 0 unspecified atom stereocenters. The molecule has 0 spiro atoms. The fraction of sp³-hybridized carbons (Fsp3) is 0.625. The Morgan fingerprint density at radius 2 is 1.68 bits per heavy atom. The summed E-state index contributed by atoms with van der Waals surface area (Å²) in [6.07, 6.45) is 0. The lowest BCUT2D eigenvalue weighted by Gasteiger charge is -2.27. The minimum absolute atomic E-state index is 0. The van der Waals surface area contributed by atoms with E-state index in [0.29, 0.717) is 39.4 Å². The third-order valence-corrected chi connectivity index (χ3v) is 6.27. The van der Waals surface area contributed by atoms with Crippen LogP contribution in [-0.4, -0.2) is 76.7 Å². The third kappa shape index (κ3) is 5.62. The molecule has 0 aromatic heterocycles. The van der Waals surface area contributed by atoms with Crippen molar-refractivity contribution in [3.8, 4) is 0 Å². The Kier molecular flexibility index (Phi) is 9.29. The van der Waals surface area contributed by atoms with E-state index >= 15 is 0 Å². The molecule has 2 N–H and O–H groups in total. The zero-order chi connectivity index (χ0) is 17.6. The molecule has 7 nitrogen and oxygen atoms in total. The molecule has 25 heavy (non-hydrogen) atoms. The van der Waals surface area contributed by atoms with E-state index in [1.54, 1.807) is 14.2 Å². The second kappa shape index (κ2) is 10.4. The Morgan fingerprint density at radius 1 is 1.12 bits per heavy atom. The summed E-state index contributed by atoms with van der Waals surface area (Å²) in [7, 11) is -0.485. The van der Waals surface area contributed by atoms with Crippen LogP contribution in [0.2, 0.25) is 0 Å². The summed E-state index contributed by atoms with van der Waals surface area (Å²) in [6, 6.07) is 9.61. The number of hydrogen-bond donors (Lipinski definition) is 1. The van der Waals surface area contributed by atoms with Gasteiger partial charge in [-0.05, 0) is 5.56 Å². The Bertz CT molecular complexity index is 595. The van der Waals surface area contributed by atoms with Crippen LogP contribution in [0.5, 0.6) is 0 Å². The quantitative estimate of drug-likeness (QED) is 0.666. The zero-order valence-electron chi connectivity index (χ0n) is 14.7. The van der Waals surface area contributed by atoms with Crippen LogP contribution in [0, 0.1) is 0 Å². The summed E-state index contributed by atoms with van der Waals surface area (Å²) >= 11 is 0. The first-order valence-electron chi connectivity index (χ1n) is 8.04. The Labute approximate surface area is 156 Å². The number of rotatable bonds is 9. The van der Waals surface area contributed by atoms with Crippen molar-refractivity contribution in [3.63, 3.8) is 0 Å². The predicted molar refractivity (Wildman–Crippen MR) is 100 cm³/mol. The first kappa shape index (κ1) is 22.3.